The highest BCUT2D eigenvalue weighted by Crippen LogP contribution is 2.37. The Labute approximate surface area is 186 Å². The highest BCUT2D eigenvalue weighted by atomic mass is 35.5. The lowest BCUT2D eigenvalue weighted by Gasteiger charge is -2.36. The summed E-state index contributed by atoms with van der Waals surface area (Å²) in [5.41, 5.74) is 1.12. The molecule has 0 radical (unpaired) electrons. The number of furan rings is 1. The number of nitrogens with one attached hydrogen (secondary N) is 1. The first-order valence-corrected chi connectivity index (χ1v) is 9.75. The number of hydrogen-bond donors (Lipinski definition) is 2. The summed E-state index contributed by atoms with van der Waals surface area (Å²) >= 11 is 10.4. The maximum Gasteiger partial charge on any atom is 0.269 e. The number of anilines is 1. The molecule has 1 N–H and O–H groups in total. The third-order valence-electron chi connectivity index (χ3n) is 4.68. The number of carbonyl (C=O) groups is 1. The van der Waals surface area contributed by atoms with Crippen LogP contribution >= 0.6 is 24.2 Å². The van der Waals surface area contributed by atoms with Crippen LogP contribution in [0.3, 0.4) is 0 Å². The van der Waals surface area contributed by atoms with Gasteiger partial charge in [0.15, 0.2) is 6.17 Å². The Morgan fingerprint density at radius 2 is 1.81 bits per heavy atom. The zero-order valence-electron chi connectivity index (χ0n) is 15.7. The molecule has 0 saturated carbocycles. The minimum atomic E-state index is -0.773. The van der Waals surface area contributed by atoms with Crippen molar-refractivity contribution in [3.63, 3.8) is 0 Å². The van der Waals surface area contributed by atoms with Crippen molar-refractivity contribution in [1.29, 1.82) is 5.26 Å². The number of halogens is 1. The van der Waals surface area contributed by atoms with E-state index < -0.39 is 17.0 Å². The Balaban J connectivity index is 1.74. The summed E-state index contributed by atoms with van der Waals surface area (Å²) < 4.78 is 5.96. The van der Waals surface area contributed by atoms with Crippen molar-refractivity contribution in [2.45, 2.75) is 6.17 Å². The first-order chi connectivity index (χ1) is 14.9. The van der Waals surface area contributed by atoms with E-state index in [4.69, 9.17) is 16.0 Å². The SMILES string of the molecule is N#CC1=C(S)N(c2ccc(Cl)cc2)C(c2ccc(-c3ccc([N+](=O)[O-])cc3)o2)NC1=O. The van der Waals surface area contributed by atoms with Crippen LogP contribution in [0.25, 0.3) is 11.3 Å². The molecule has 1 aliphatic heterocycles. The summed E-state index contributed by atoms with van der Waals surface area (Å²) in [6.07, 6.45) is -0.773. The fourth-order valence-electron chi connectivity index (χ4n) is 3.18. The molecule has 1 amide bonds. The third kappa shape index (κ3) is 3.86. The van der Waals surface area contributed by atoms with Gasteiger partial charge in [-0.05, 0) is 48.5 Å². The number of nitro groups is 1. The highest BCUT2D eigenvalue weighted by Gasteiger charge is 2.35. The van der Waals surface area contributed by atoms with E-state index in [-0.39, 0.29) is 16.3 Å². The Morgan fingerprint density at radius 1 is 1.13 bits per heavy atom. The van der Waals surface area contributed by atoms with Crippen molar-refractivity contribution in [3.05, 3.63) is 92.2 Å². The Hall–Kier alpha value is -3.74. The van der Waals surface area contributed by atoms with Gasteiger partial charge in [-0.2, -0.15) is 5.26 Å². The molecular weight excluding hydrogens is 440 g/mol. The van der Waals surface area contributed by atoms with Gasteiger partial charge in [-0.1, -0.05) is 11.6 Å². The summed E-state index contributed by atoms with van der Waals surface area (Å²) in [5, 5.41) is 23.7. The molecule has 1 aliphatic rings. The molecule has 0 spiro atoms. The number of thiol groups is 1. The topological polar surface area (TPSA) is 112 Å². The molecule has 1 atom stereocenters. The number of amides is 1. The van der Waals surface area contributed by atoms with Gasteiger partial charge in [-0.25, -0.2) is 0 Å². The van der Waals surface area contributed by atoms with Crippen LogP contribution < -0.4 is 10.2 Å². The number of rotatable bonds is 4. The number of hydrogen-bond acceptors (Lipinski definition) is 7. The first kappa shape index (κ1) is 20.5. The maximum absolute atomic E-state index is 12.4. The minimum Gasteiger partial charge on any atom is -0.457 e. The highest BCUT2D eigenvalue weighted by molar-refractivity contribution is 7.84. The predicted octanol–water partition coefficient (Wildman–Crippen LogP) is 4.81. The van der Waals surface area contributed by atoms with Crippen molar-refractivity contribution >= 4 is 41.5 Å². The molecule has 0 aliphatic carbocycles. The molecule has 1 unspecified atom stereocenters. The van der Waals surface area contributed by atoms with Crippen LogP contribution in [0.2, 0.25) is 5.02 Å². The minimum absolute atomic E-state index is 0.0297. The lowest BCUT2D eigenvalue weighted by Crippen LogP contribution is -2.45. The van der Waals surface area contributed by atoms with Crippen LogP contribution in [-0.4, -0.2) is 10.8 Å². The van der Waals surface area contributed by atoms with Gasteiger partial charge < -0.3 is 14.6 Å². The zero-order chi connectivity index (χ0) is 22.1. The van der Waals surface area contributed by atoms with Gasteiger partial charge >= 0.3 is 0 Å². The largest absolute Gasteiger partial charge is 0.457 e. The van der Waals surface area contributed by atoms with E-state index in [1.54, 1.807) is 53.4 Å². The molecule has 3 aromatic rings. The van der Waals surface area contributed by atoms with E-state index in [9.17, 15) is 20.2 Å². The Kier molecular flexibility index (Phi) is 5.42. The molecule has 1 aromatic heterocycles. The van der Waals surface area contributed by atoms with Crippen molar-refractivity contribution < 1.29 is 14.1 Å². The number of nitrogens with zero attached hydrogens (tertiary/aromatic N) is 3. The smallest absolute Gasteiger partial charge is 0.269 e. The predicted molar refractivity (Wildman–Crippen MR) is 117 cm³/mol. The van der Waals surface area contributed by atoms with Crippen LogP contribution in [0.5, 0.6) is 0 Å². The quantitative estimate of drug-likeness (QED) is 0.334. The van der Waals surface area contributed by atoms with Gasteiger partial charge in [0.1, 0.15) is 23.2 Å². The normalized spacial score (nSPS) is 16.1. The number of benzene rings is 2. The Morgan fingerprint density at radius 3 is 2.42 bits per heavy atom. The molecule has 0 bridgehead atoms. The average Bonchev–Trinajstić information content (AvgIpc) is 3.25. The monoisotopic (exact) mass is 452 g/mol. The van der Waals surface area contributed by atoms with Gasteiger partial charge in [0.25, 0.3) is 11.6 Å². The van der Waals surface area contributed by atoms with E-state index in [1.807, 2.05) is 6.07 Å². The molecule has 0 saturated heterocycles. The summed E-state index contributed by atoms with van der Waals surface area (Å²) in [6.45, 7) is 0. The molecule has 4 rings (SSSR count). The lowest BCUT2D eigenvalue weighted by atomic mass is 10.1. The van der Waals surface area contributed by atoms with E-state index in [0.29, 0.717) is 27.8 Å². The second-order valence-electron chi connectivity index (χ2n) is 6.54. The second-order valence-corrected chi connectivity index (χ2v) is 7.40. The van der Waals surface area contributed by atoms with Crippen molar-refractivity contribution in [1.82, 2.24) is 5.32 Å². The van der Waals surface area contributed by atoms with Gasteiger partial charge in [0.2, 0.25) is 0 Å². The molecule has 2 heterocycles. The van der Waals surface area contributed by atoms with E-state index >= 15 is 0 Å². The molecule has 2 aromatic carbocycles. The van der Waals surface area contributed by atoms with Crippen molar-refractivity contribution in [2.24, 2.45) is 0 Å². The zero-order valence-corrected chi connectivity index (χ0v) is 17.3. The molecule has 8 nitrogen and oxygen atoms in total. The molecule has 31 heavy (non-hydrogen) atoms. The van der Waals surface area contributed by atoms with Crippen LogP contribution in [0.1, 0.15) is 11.9 Å². The lowest BCUT2D eigenvalue weighted by molar-refractivity contribution is -0.384. The van der Waals surface area contributed by atoms with Crippen LogP contribution in [0, 0.1) is 21.4 Å². The van der Waals surface area contributed by atoms with Crippen molar-refractivity contribution in [2.75, 3.05) is 4.90 Å². The van der Waals surface area contributed by atoms with E-state index in [1.165, 1.54) is 12.1 Å². The molecule has 10 heteroatoms. The number of non-ortho nitro benzene ring substituents is 1. The Bertz CT molecular complexity index is 1250. The summed E-state index contributed by atoms with van der Waals surface area (Å²) in [7, 11) is 0. The molecular formula is C21H13ClN4O4S. The standard InChI is InChI=1S/C21H13ClN4O4S/c22-13-3-7-14(8-4-13)25-19(24-20(27)16(11-23)21(25)31)18-10-9-17(30-18)12-1-5-15(6-2-12)26(28)29/h1-10,19,31H,(H,24,27). The fraction of sp³-hybridized carbons (Fsp3) is 0.0476. The molecule has 154 valence electrons. The third-order valence-corrected chi connectivity index (χ3v) is 5.37. The number of nitro benzene ring substituents is 1. The summed E-state index contributed by atoms with van der Waals surface area (Å²) in [4.78, 5) is 24.5. The van der Waals surface area contributed by atoms with Crippen LogP contribution in [-0.2, 0) is 4.79 Å². The number of carbonyl (C=O) groups excluding carboxylic acids is 1. The van der Waals surface area contributed by atoms with Crippen molar-refractivity contribution in [3.8, 4) is 17.4 Å². The summed E-state index contributed by atoms with van der Waals surface area (Å²) in [5.74, 6) is 0.280. The molecule has 0 fully saturated rings. The van der Waals surface area contributed by atoms with E-state index in [0.717, 1.165) is 0 Å². The van der Waals surface area contributed by atoms with Gasteiger partial charge in [0.05, 0.1) is 9.95 Å². The van der Waals surface area contributed by atoms with Crippen LogP contribution in [0.15, 0.2) is 75.7 Å². The maximum atomic E-state index is 12.4. The van der Waals surface area contributed by atoms with E-state index in [2.05, 4.69) is 17.9 Å². The number of nitriles is 1. The first-order valence-electron chi connectivity index (χ1n) is 8.92. The van der Waals surface area contributed by atoms with Gasteiger partial charge in [0, 0.05) is 28.4 Å². The van der Waals surface area contributed by atoms with Gasteiger partial charge in [-0.3, -0.25) is 14.9 Å². The average molecular weight is 453 g/mol. The second kappa shape index (κ2) is 8.18. The van der Waals surface area contributed by atoms with Gasteiger partial charge in [-0.15, -0.1) is 12.6 Å². The summed E-state index contributed by atoms with van der Waals surface area (Å²) in [6, 6.07) is 18.0. The van der Waals surface area contributed by atoms with Crippen LogP contribution in [0.4, 0.5) is 11.4 Å². The fourth-order valence-corrected chi connectivity index (χ4v) is 3.69.